The number of aliphatic carboxylic acids is 2. The maximum absolute atomic E-state index is 11.8. The lowest BCUT2D eigenvalue weighted by Crippen LogP contribution is -2.46. The fourth-order valence-corrected chi connectivity index (χ4v) is 1.66. The van der Waals surface area contributed by atoms with Gasteiger partial charge in [0.15, 0.2) is 0 Å². The third-order valence-corrected chi connectivity index (χ3v) is 2.95. The maximum Gasteiger partial charge on any atom is 0.326 e. The second kappa shape index (κ2) is 8.35. The van der Waals surface area contributed by atoms with E-state index in [1.54, 1.807) is 20.8 Å². The van der Waals surface area contributed by atoms with E-state index in [1.165, 1.54) is 6.92 Å². The van der Waals surface area contributed by atoms with Crippen LogP contribution in [0.2, 0.25) is 0 Å². The Morgan fingerprint density at radius 3 is 1.64 bits per heavy atom. The lowest BCUT2D eigenvalue weighted by atomic mass is 9.94. The molecule has 2 amide bonds. The Kier molecular flexibility index (Phi) is 7.55. The fraction of sp³-hybridized carbons (Fsp3) is 0.714. The minimum absolute atomic E-state index is 0.0838. The third-order valence-electron chi connectivity index (χ3n) is 2.95. The van der Waals surface area contributed by atoms with E-state index in [9.17, 15) is 19.2 Å². The number of rotatable bonds is 8. The number of carboxylic acid groups (broad SMARTS) is 2. The normalized spacial score (nSPS) is 13.8. The molecule has 2 atom stereocenters. The van der Waals surface area contributed by atoms with E-state index in [1.807, 2.05) is 0 Å². The summed E-state index contributed by atoms with van der Waals surface area (Å²) in [6.07, 6.45) is 0.406. The van der Waals surface area contributed by atoms with Gasteiger partial charge in [-0.15, -0.1) is 0 Å². The molecule has 0 aromatic heterocycles. The summed E-state index contributed by atoms with van der Waals surface area (Å²) in [5, 5.41) is 22.8. The van der Waals surface area contributed by atoms with E-state index in [2.05, 4.69) is 10.6 Å². The molecule has 22 heavy (non-hydrogen) atoms. The van der Waals surface area contributed by atoms with Gasteiger partial charge in [0, 0.05) is 12.3 Å². The molecule has 8 heteroatoms. The Morgan fingerprint density at radius 1 is 0.909 bits per heavy atom. The standard InChI is InChI=1S/C14H24N2O6/c1-8(17)15-9(11(18)19)6-5-7-10(12(20)21)16-13(22)14(2,3)4/h9-10H,5-7H2,1-4H3,(H,15,17)(H,16,22)(H,18,19)(H,20,21). The van der Waals surface area contributed by atoms with Gasteiger partial charge in [0.2, 0.25) is 11.8 Å². The smallest absolute Gasteiger partial charge is 0.326 e. The van der Waals surface area contributed by atoms with Gasteiger partial charge in [0.05, 0.1) is 0 Å². The van der Waals surface area contributed by atoms with E-state index in [4.69, 9.17) is 10.2 Å². The predicted molar refractivity (Wildman–Crippen MR) is 78.1 cm³/mol. The second-order valence-corrected chi connectivity index (χ2v) is 6.14. The molecule has 0 aliphatic carbocycles. The first kappa shape index (κ1) is 19.9. The molecule has 0 bridgehead atoms. The Labute approximate surface area is 129 Å². The van der Waals surface area contributed by atoms with Gasteiger partial charge in [0.25, 0.3) is 0 Å². The number of nitrogens with one attached hydrogen (secondary N) is 2. The summed E-state index contributed by atoms with van der Waals surface area (Å²) in [6, 6.07) is -2.15. The number of carbonyl (C=O) groups is 4. The number of amides is 2. The lowest BCUT2D eigenvalue weighted by Gasteiger charge is -2.22. The van der Waals surface area contributed by atoms with Gasteiger partial charge in [-0.2, -0.15) is 0 Å². The first-order valence-electron chi connectivity index (χ1n) is 6.98. The molecule has 126 valence electrons. The molecule has 0 saturated heterocycles. The Hall–Kier alpha value is -2.12. The zero-order valence-electron chi connectivity index (χ0n) is 13.3. The monoisotopic (exact) mass is 316 g/mol. The molecule has 0 aromatic rings. The lowest BCUT2D eigenvalue weighted by molar-refractivity contribution is -0.143. The van der Waals surface area contributed by atoms with Crippen molar-refractivity contribution in [2.75, 3.05) is 0 Å². The van der Waals surface area contributed by atoms with Crippen LogP contribution in [0.4, 0.5) is 0 Å². The minimum Gasteiger partial charge on any atom is -0.480 e. The van der Waals surface area contributed by atoms with E-state index in [0.717, 1.165) is 0 Å². The fourth-order valence-electron chi connectivity index (χ4n) is 1.66. The largest absolute Gasteiger partial charge is 0.480 e. The van der Waals surface area contributed by atoms with Crippen LogP contribution in [0.3, 0.4) is 0 Å². The molecule has 0 radical (unpaired) electrons. The molecule has 4 N–H and O–H groups in total. The van der Waals surface area contributed by atoms with Crippen LogP contribution >= 0.6 is 0 Å². The maximum atomic E-state index is 11.8. The minimum atomic E-state index is -1.18. The SMILES string of the molecule is CC(=O)NC(CCCC(NC(=O)C(C)(C)C)C(=O)O)C(=O)O. The van der Waals surface area contributed by atoms with Crippen molar-refractivity contribution in [3.8, 4) is 0 Å². The van der Waals surface area contributed by atoms with Gasteiger partial charge >= 0.3 is 11.9 Å². The van der Waals surface area contributed by atoms with Crippen LogP contribution < -0.4 is 10.6 Å². The highest BCUT2D eigenvalue weighted by Crippen LogP contribution is 2.14. The molecule has 0 spiro atoms. The van der Waals surface area contributed by atoms with Gasteiger partial charge in [-0.3, -0.25) is 9.59 Å². The average Bonchev–Trinajstić information content (AvgIpc) is 2.33. The summed E-state index contributed by atoms with van der Waals surface area (Å²) in [5.41, 5.74) is -0.715. The molecule has 0 saturated carbocycles. The molecule has 0 rings (SSSR count). The van der Waals surface area contributed by atoms with Crippen molar-refractivity contribution in [3.05, 3.63) is 0 Å². The predicted octanol–water partition coefficient (Wildman–Crippen LogP) is 0.362. The van der Waals surface area contributed by atoms with Crippen LogP contribution in [0.5, 0.6) is 0 Å². The number of carboxylic acids is 2. The van der Waals surface area contributed by atoms with Crippen molar-refractivity contribution < 1.29 is 29.4 Å². The number of hydrogen-bond acceptors (Lipinski definition) is 4. The van der Waals surface area contributed by atoms with Crippen LogP contribution in [-0.2, 0) is 19.2 Å². The van der Waals surface area contributed by atoms with E-state index in [0.29, 0.717) is 0 Å². The van der Waals surface area contributed by atoms with Crippen molar-refractivity contribution in [2.45, 2.75) is 59.0 Å². The number of hydrogen-bond donors (Lipinski definition) is 4. The van der Waals surface area contributed by atoms with Gasteiger partial charge in [0.1, 0.15) is 12.1 Å². The summed E-state index contributed by atoms with van der Waals surface area (Å²) in [4.78, 5) is 44.8. The van der Waals surface area contributed by atoms with Crippen LogP contribution in [0.25, 0.3) is 0 Å². The highest BCUT2D eigenvalue weighted by atomic mass is 16.4. The van der Waals surface area contributed by atoms with Crippen molar-refractivity contribution >= 4 is 23.8 Å². The van der Waals surface area contributed by atoms with Crippen molar-refractivity contribution in [1.29, 1.82) is 0 Å². The molecular weight excluding hydrogens is 292 g/mol. The van der Waals surface area contributed by atoms with Gasteiger partial charge in [-0.25, -0.2) is 9.59 Å². The molecule has 8 nitrogen and oxygen atoms in total. The molecule has 0 aromatic carbocycles. The molecule has 0 aliphatic heterocycles. The van der Waals surface area contributed by atoms with Crippen molar-refractivity contribution in [2.24, 2.45) is 5.41 Å². The molecule has 2 unspecified atom stereocenters. The summed E-state index contributed by atoms with van der Waals surface area (Å²) in [5.74, 6) is -3.22. The van der Waals surface area contributed by atoms with Crippen LogP contribution in [0.1, 0.15) is 47.0 Å². The molecule has 0 aliphatic rings. The summed E-state index contributed by atoms with van der Waals surface area (Å²) >= 11 is 0. The van der Waals surface area contributed by atoms with E-state index < -0.39 is 41.3 Å². The molecule has 0 fully saturated rings. The zero-order valence-corrected chi connectivity index (χ0v) is 13.3. The zero-order chi connectivity index (χ0) is 17.5. The van der Waals surface area contributed by atoms with E-state index in [-0.39, 0.29) is 19.3 Å². The van der Waals surface area contributed by atoms with E-state index >= 15 is 0 Å². The summed E-state index contributed by atoms with van der Waals surface area (Å²) in [7, 11) is 0. The van der Waals surface area contributed by atoms with Crippen LogP contribution in [-0.4, -0.2) is 46.0 Å². The van der Waals surface area contributed by atoms with Crippen molar-refractivity contribution in [1.82, 2.24) is 10.6 Å². The topological polar surface area (TPSA) is 133 Å². The van der Waals surface area contributed by atoms with Gasteiger partial charge in [-0.1, -0.05) is 20.8 Å². The molecular formula is C14H24N2O6. The average molecular weight is 316 g/mol. The second-order valence-electron chi connectivity index (χ2n) is 6.14. The first-order valence-corrected chi connectivity index (χ1v) is 6.98. The van der Waals surface area contributed by atoms with Crippen molar-refractivity contribution in [3.63, 3.8) is 0 Å². The highest BCUT2D eigenvalue weighted by molar-refractivity contribution is 5.86. The Balaban J connectivity index is 4.54. The summed E-state index contributed by atoms with van der Waals surface area (Å²) in [6.45, 7) is 6.20. The first-order chi connectivity index (χ1) is 9.95. The highest BCUT2D eigenvalue weighted by Gasteiger charge is 2.27. The third kappa shape index (κ3) is 7.61. The van der Waals surface area contributed by atoms with Crippen LogP contribution in [0.15, 0.2) is 0 Å². The molecule has 0 heterocycles. The Morgan fingerprint density at radius 2 is 1.32 bits per heavy atom. The van der Waals surface area contributed by atoms with Gasteiger partial charge < -0.3 is 20.8 Å². The Bertz CT molecular complexity index is 441. The van der Waals surface area contributed by atoms with Crippen LogP contribution in [0, 0.1) is 5.41 Å². The summed E-state index contributed by atoms with van der Waals surface area (Å²) < 4.78 is 0. The number of carbonyl (C=O) groups excluding carboxylic acids is 2. The van der Waals surface area contributed by atoms with Gasteiger partial charge in [-0.05, 0) is 19.3 Å². The quantitative estimate of drug-likeness (QED) is 0.511.